The Hall–Kier alpha value is -3.03. The van der Waals surface area contributed by atoms with E-state index in [2.05, 4.69) is 37.2 Å². The van der Waals surface area contributed by atoms with Crippen molar-refractivity contribution in [1.29, 1.82) is 0 Å². The van der Waals surface area contributed by atoms with E-state index in [1.54, 1.807) is 10.7 Å². The van der Waals surface area contributed by atoms with Gasteiger partial charge in [0.2, 0.25) is 0 Å². The molecule has 8 nitrogen and oxygen atoms in total. The lowest BCUT2D eigenvalue weighted by molar-refractivity contribution is 0.102. The molecule has 0 bridgehead atoms. The third-order valence-corrected chi connectivity index (χ3v) is 4.23. The zero-order chi connectivity index (χ0) is 16.5. The van der Waals surface area contributed by atoms with Crippen molar-refractivity contribution >= 4 is 23.2 Å². The summed E-state index contributed by atoms with van der Waals surface area (Å²) in [7, 11) is 0. The molecule has 1 aliphatic rings. The highest BCUT2D eigenvalue weighted by Crippen LogP contribution is 2.23. The first-order valence-electron chi connectivity index (χ1n) is 7.91. The Kier molecular flexibility index (Phi) is 3.56. The lowest BCUT2D eigenvalue weighted by atomic mass is 10.2. The second-order valence-corrected chi connectivity index (χ2v) is 5.83. The minimum absolute atomic E-state index is 0.317. The van der Waals surface area contributed by atoms with E-state index in [-0.39, 0.29) is 5.91 Å². The van der Waals surface area contributed by atoms with Gasteiger partial charge < -0.3 is 10.2 Å². The Morgan fingerprint density at radius 3 is 2.92 bits per heavy atom. The number of carbonyl (C=O) groups excluding carboxylic acids is 1. The van der Waals surface area contributed by atoms with Gasteiger partial charge in [-0.25, -0.2) is 14.5 Å². The van der Waals surface area contributed by atoms with E-state index in [4.69, 9.17) is 0 Å². The quantitative estimate of drug-likeness (QED) is 0.790. The number of aromatic nitrogens is 5. The van der Waals surface area contributed by atoms with Crippen LogP contribution in [0.2, 0.25) is 0 Å². The van der Waals surface area contributed by atoms with Crippen molar-refractivity contribution in [1.82, 2.24) is 24.6 Å². The molecule has 0 radical (unpaired) electrons. The van der Waals surface area contributed by atoms with E-state index < -0.39 is 0 Å². The third kappa shape index (κ3) is 2.55. The van der Waals surface area contributed by atoms with Crippen LogP contribution in [0, 0.1) is 0 Å². The molecule has 1 fully saturated rings. The monoisotopic (exact) mass is 323 g/mol. The standard InChI is InChI=1S/C16H17N7O/c1-11-3-2-8-22(11)15-5-4-14-19-9-12(23(14)21-15)16(24)20-13-10-17-6-7-18-13/h4-7,9-11H,2-3,8H2,1H3,(H,18,20,24)/t11-/m0/s1. The molecule has 24 heavy (non-hydrogen) atoms. The molecule has 4 heterocycles. The van der Waals surface area contributed by atoms with Crippen molar-refractivity contribution in [2.24, 2.45) is 0 Å². The number of anilines is 2. The Balaban J connectivity index is 1.67. The molecule has 1 atom stereocenters. The fourth-order valence-electron chi connectivity index (χ4n) is 2.99. The topological polar surface area (TPSA) is 88.3 Å². The van der Waals surface area contributed by atoms with Crippen LogP contribution >= 0.6 is 0 Å². The average molecular weight is 323 g/mol. The zero-order valence-electron chi connectivity index (χ0n) is 13.3. The molecule has 3 aromatic heterocycles. The van der Waals surface area contributed by atoms with E-state index in [9.17, 15) is 4.79 Å². The van der Waals surface area contributed by atoms with Gasteiger partial charge in [-0.3, -0.25) is 9.78 Å². The van der Waals surface area contributed by atoms with Gasteiger partial charge in [-0.2, -0.15) is 0 Å². The first-order chi connectivity index (χ1) is 11.7. The molecule has 0 aromatic carbocycles. The van der Waals surface area contributed by atoms with E-state index >= 15 is 0 Å². The highest BCUT2D eigenvalue weighted by molar-refractivity contribution is 6.02. The van der Waals surface area contributed by atoms with Gasteiger partial charge in [-0.15, -0.1) is 5.10 Å². The van der Waals surface area contributed by atoms with Crippen LogP contribution in [0.4, 0.5) is 11.6 Å². The van der Waals surface area contributed by atoms with Gasteiger partial charge in [0.05, 0.1) is 12.4 Å². The molecular formula is C16H17N7O. The molecule has 0 unspecified atom stereocenters. The van der Waals surface area contributed by atoms with Gasteiger partial charge in [0.25, 0.3) is 5.91 Å². The molecule has 8 heteroatoms. The highest BCUT2D eigenvalue weighted by Gasteiger charge is 2.23. The van der Waals surface area contributed by atoms with Crippen LogP contribution in [0.15, 0.2) is 36.9 Å². The number of nitrogens with one attached hydrogen (secondary N) is 1. The number of imidazole rings is 1. The fraction of sp³-hybridized carbons (Fsp3) is 0.312. The van der Waals surface area contributed by atoms with Crippen molar-refractivity contribution in [2.75, 3.05) is 16.8 Å². The van der Waals surface area contributed by atoms with Crippen molar-refractivity contribution < 1.29 is 4.79 Å². The maximum absolute atomic E-state index is 12.5. The number of rotatable bonds is 3. The van der Waals surface area contributed by atoms with E-state index in [0.29, 0.717) is 23.2 Å². The van der Waals surface area contributed by atoms with Crippen LogP contribution in [0.3, 0.4) is 0 Å². The van der Waals surface area contributed by atoms with Crippen LogP contribution in [-0.2, 0) is 0 Å². The smallest absolute Gasteiger partial charge is 0.277 e. The molecule has 0 saturated carbocycles. The van der Waals surface area contributed by atoms with E-state index in [0.717, 1.165) is 25.2 Å². The minimum atomic E-state index is -0.317. The molecule has 1 N–H and O–H groups in total. The van der Waals surface area contributed by atoms with Crippen LogP contribution in [0.1, 0.15) is 30.3 Å². The second-order valence-electron chi connectivity index (χ2n) is 5.83. The largest absolute Gasteiger partial charge is 0.352 e. The van der Waals surface area contributed by atoms with Gasteiger partial charge >= 0.3 is 0 Å². The molecule has 122 valence electrons. The Morgan fingerprint density at radius 2 is 2.17 bits per heavy atom. The minimum Gasteiger partial charge on any atom is -0.352 e. The summed E-state index contributed by atoms with van der Waals surface area (Å²) in [6.45, 7) is 3.17. The van der Waals surface area contributed by atoms with Gasteiger partial charge in [0, 0.05) is 25.0 Å². The summed E-state index contributed by atoms with van der Waals surface area (Å²) in [6, 6.07) is 4.29. The predicted molar refractivity (Wildman–Crippen MR) is 89.0 cm³/mol. The van der Waals surface area contributed by atoms with Crippen LogP contribution in [0.25, 0.3) is 5.65 Å². The summed E-state index contributed by atoms with van der Waals surface area (Å²) in [4.78, 5) is 27.0. The Labute approximate surface area is 138 Å². The number of fused-ring (bicyclic) bond motifs is 1. The number of carbonyl (C=O) groups is 1. The predicted octanol–water partition coefficient (Wildman–Crippen LogP) is 1.76. The molecule has 0 spiro atoms. The van der Waals surface area contributed by atoms with Crippen LogP contribution in [0.5, 0.6) is 0 Å². The normalized spacial score (nSPS) is 17.4. The zero-order valence-corrected chi connectivity index (χ0v) is 13.3. The Bertz CT molecular complexity index is 877. The van der Waals surface area contributed by atoms with Gasteiger partial charge in [0.1, 0.15) is 5.82 Å². The van der Waals surface area contributed by atoms with Crippen molar-refractivity contribution in [3.8, 4) is 0 Å². The molecule has 3 aromatic rings. The van der Waals surface area contributed by atoms with E-state index in [1.807, 2.05) is 12.1 Å². The molecular weight excluding hydrogens is 306 g/mol. The summed E-state index contributed by atoms with van der Waals surface area (Å²) in [5, 5.41) is 7.32. The number of nitrogens with zero attached hydrogens (tertiary/aromatic N) is 6. The SMILES string of the molecule is C[C@H]1CCCN1c1ccc2ncc(C(=O)Nc3cnccn3)n2n1. The lowest BCUT2D eigenvalue weighted by Gasteiger charge is -2.22. The third-order valence-electron chi connectivity index (χ3n) is 4.23. The van der Waals surface area contributed by atoms with E-state index in [1.165, 1.54) is 18.6 Å². The first kappa shape index (κ1) is 14.6. The highest BCUT2D eigenvalue weighted by atomic mass is 16.2. The number of hydrogen-bond acceptors (Lipinski definition) is 6. The summed E-state index contributed by atoms with van der Waals surface area (Å²) < 4.78 is 1.58. The first-order valence-corrected chi connectivity index (χ1v) is 7.91. The van der Waals surface area contributed by atoms with Gasteiger partial charge in [-0.05, 0) is 31.9 Å². The second kappa shape index (κ2) is 5.88. The van der Waals surface area contributed by atoms with Crippen LogP contribution in [-0.4, -0.2) is 43.1 Å². The molecule has 1 aliphatic heterocycles. The lowest BCUT2D eigenvalue weighted by Crippen LogP contribution is -2.28. The summed E-state index contributed by atoms with van der Waals surface area (Å²) >= 11 is 0. The van der Waals surface area contributed by atoms with Gasteiger partial charge in [0.15, 0.2) is 17.2 Å². The average Bonchev–Trinajstić information content (AvgIpc) is 3.21. The summed E-state index contributed by atoms with van der Waals surface area (Å²) in [5.41, 5.74) is 0.999. The maximum Gasteiger partial charge on any atom is 0.277 e. The Morgan fingerprint density at radius 1 is 1.25 bits per heavy atom. The molecule has 1 saturated heterocycles. The number of hydrogen-bond donors (Lipinski definition) is 1. The molecule has 1 amide bonds. The van der Waals surface area contributed by atoms with Crippen molar-refractivity contribution in [3.63, 3.8) is 0 Å². The van der Waals surface area contributed by atoms with Crippen LogP contribution < -0.4 is 10.2 Å². The number of amides is 1. The summed E-state index contributed by atoms with van der Waals surface area (Å²) in [6.07, 6.45) is 8.40. The van der Waals surface area contributed by atoms with Crippen molar-refractivity contribution in [3.05, 3.63) is 42.6 Å². The van der Waals surface area contributed by atoms with Gasteiger partial charge in [-0.1, -0.05) is 0 Å². The van der Waals surface area contributed by atoms with Crippen molar-refractivity contribution in [2.45, 2.75) is 25.8 Å². The summed E-state index contributed by atoms with van der Waals surface area (Å²) in [5.74, 6) is 0.933. The molecule has 4 rings (SSSR count). The fourth-order valence-corrected chi connectivity index (χ4v) is 2.99. The molecule has 0 aliphatic carbocycles. The maximum atomic E-state index is 12.5.